The van der Waals surface area contributed by atoms with E-state index in [1.807, 2.05) is 0 Å². The molecule has 0 aliphatic heterocycles. The predicted octanol–water partition coefficient (Wildman–Crippen LogP) is 2.68. The largest absolute Gasteiger partial charge is 0.458 e. The Labute approximate surface area is 80.0 Å². The second kappa shape index (κ2) is 4.45. The smallest absolute Gasteiger partial charge is 0.303 e. The monoisotopic (exact) mass is 182 g/mol. The zero-order chi connectivity index (χ0) is 9.84. The summed E-state index contributed by atoms with van der Waals surface area (Å²) in [5.41, 5.74) is 1.35. The van der Waals surface area contributed by atoms with Crippen LogP contribution >= 0.6 is 0 Å². The van der Waals surface area contributed by atoms with E-state index >= 15 is 0 Å². The highest BCUT2D eigenvalue weighted by atomic mass is 16.5. The van der Waals surface area contributed by atoms with Crippen molar-refractivity contribution in [1.29, 1.82) is 0 Å². The summed E-state index contributed by atoms with van der Waals surface area (Å²) in [6, 6.07) is 0. The minimum atomic E-state index is -0.175. The first kappa shape index (κ1) is 10.3. The van der Waals surface area contributed by atoms with E-state index in [0.29, 0.717) is 5.92 Å². The molecule has 0 heterocycles. The van der Waals surface area contributed by atoms with Crippen molar-refractivity contribution in [3.8, 4) is 0 Å². The SMILES string of the molecule is CCC1CC(C)=CC(OC(C)=O)C1. The number of hydrogen-bond acceptors (Lipinski definition) is 2. The van der Waals surface area contributed by atoms with Crippen molar-refractivity contribution < 1.29 is 9.53 Å². The highest BCUT2D eigenvalue weighted by molar-refractivity contribution is 5.66. The van der Waals surface area contributed by atoms with E-state index in [9.17, 15) is 4.79 Å². The van der Waals surface area contributed by atoms with Gasteiger partial charge in [0.25, 0.3) is 0 Å². The minimum Gasteiger partial charge on any atom is -0.458 e. The summed E-state index contributed by atoms with van der Waals surface area (Å²) in [5, 5.41) is 0. The molecule has 0 aromatic carbocycles. The van der Waals surface area contributed by atoms with Crippen molar-refractivity contribution in [3.63, 3.8) is 0 Å². The summed E-state index contributed by atoms with van der Waals surface area (Å²) in [4.78, 5) is 10.8. The van der Waals surface area contributed by atoms with Gasteiger partial charge in [-0.3, -0.25) is 4.79 Å². The first-order valence-corrected chi connectivity index (χ1v) is 4.96. The van der Waals surface area contributed by atoms with Crippen LogP contribution in [-0.2, 0) is 9.53 Å². The molecule has 0 bridgehead atoms. The van der Waals surface area contributed by atoms with Crippen LogP contribution in [-0.4, -0.2) is 12.1 Å². The molecule has 0 N–H and O–H groups in total. The second-order valence-electron chi connectivity index (χ2n) is 3.88. The molecule has 13 heavy (non-hydrogen) atoms. The van der Waals surface area contributed by atoms with Crippen molar-refractivity contribution in [1.82, 2.24) is 0 Å². The van der Waals surface area contributed by atoms with E-state index in [1.54, 1.807) is 0 Å². The number of carbonyl (C=O) groups is 1. The zero-order valence-electron chi connectivity index (χ0n) is 8.67. The lowest BCUT2D eigenvalue weighted by atomic mass is 9.86. The molecular formula is C11H18O2. The number of ether oxygens (including phenoxy) is 1. The molecular weight excluding hydrogens is 164 g/mol. The number of hydrogen-bond donors (Lipinski definition) is 0. The molecule has 0 saturated heterocycles. The number of esters is 1. The maximum atomic E-state index is 10.8. The average molecular weight is 182 g/mol. The van der Waals surface area contributed by atoms with E-state index in [0.717, 1.165) is 12.8 Å². The average Bonchev–Trinajstić information content (AvgIpc) is 2.01. The topological polar surface area (TPSA) is 26.3 Å². The van der Waals surface area contributed by atoms with Crippen molar-refractivity contribution in [2.75, 3.05) is 0 Å². The third-order valence-corrected chi connectivity index (χ3v) is 2.54. The van der Waals surface area contributed by atoms with Crippen molar-refractivity contribution in [2.24, 2.45) is 5.92 Å². The highest BCUT2D eigenvalue weighted by Crippen LogP contribution is 2.27. The van der Waals surface area contributed by atoms with Gasteiger partial charge < -0.3 is 4.74 Å². The number of allylic oxidation sites excluding steroid dienone is 1. The molecule has 0 radical (unpaired) electrons. The van der Waals surface area contributed by atoms with Gasteiger partial charge in [0.2, 0.25) is 0 Å². The molecule has 2 heteroatoms. The van der Waals surface area contributed by atoms with Gasteiger partial charge in [0, 0.05) is 6.92 Å². The summed E-state index contributed by atoms with van der Waals surface area (Å²) in [6.45, 7) is 5.77. The van der Waals surface area contributed by atoms with Crippen LogP contribution in [0.3, 0.4) is 0 Å². The summed E-state index contributed by atoms with van der Waals surface area (Å²) in [5.74, 6) is 0.514. The van der Waals surface area contributed by atoms with Gasteiger partial charge in [-0.2, -0.15) is 0 Å². The van der Waals surface area contributed by atoms with E-state index in [1.165, 1.54) is 18.9 Å². The minimum absolute atomic E-state index is 0.0243. The zero-order valence-corrected chi connectivity index (χ0v) is 8.67. The Hall–Kier alpha value is -0.790. The Morgan fingerprint density at radius 1 is 1.69 bits per heavy atom. The van der Waals surface area contributed by atoms with Crippen LogP contribution < -0.4 is 0 Å². The molecule has 1 aliphatic rings. The molecule has 1 aliphatic carbocycles. The van der Waals surface area contributed by atoms with Gasteiger partial charge in [-0.1, -0.05) is 18.9 Å². The van der Waals surface area contributed by atoms with Gasteiger partial charge in [-0.15, -0.1) is 0 Å². The van der Waals surface area contributed by atoms with Gasteiger partial charge in [-0.25, -0.2) is 0 Å². The maximum absolute atomic E-state index is 10.8. The van der Waals surface area contributed by atoms with E-state index in [-0.39, 0.29) is 12.1 Å². The third kappa shape index (κ3) is 3.21. The van der Waals surface area contributed by atoms with Gasteiger partial charge in [-0.05, 0) is 31.8 Å². The number of carbonyl (C=O) groups excluding carboxylic acids is 1. The van der Waals surface area contributed by atoms with Crippen molar-refractivity contribution >= 4 is 5.97 Å². The molecule has 0 aromatic rings. The van der Waals surface area contributed by atoms with E-state index in [2.05, 4.69) is 19.9 Å². The van der Waals surface area contributed by atoms with Crippen LogP contribution in [0.25, 0.3) is 0 Å². The molecule has 1 rings (SSSR count). The quantitative estimate of drug-likeness (QED) is 0.485. The van der Waals surface area contributed by atoms with Gasteiger partial charge in [0.15, 0.2) is 0 Å². The first-order chi connectivity index (χ1) is 6.11. The summed E-state index contributed by atoms with van der Waals surface area (Å²) >= 11 is 0. The molecule has 2 atom stereocenters. The Morgan fingerprint density at radius 3 is 2.92 bits per heavy atom. The summed E-state index contributed by atoms with van der Waals surface area (Å²) in [7, 11) is 0. The lowest BCUT2D eigenvalue weighted by molar-refractivity contribution is -0.145. The van der Waals surface area contributed by atoms with Gasteiger partial charge in [0.1, 0.15) is 6.10 Å². The molecule has 74 valence electrons. The van der Waals surface area contributed by atoms with E-state index in [4.69, 9.17) is 4.74 Å². The fraction of sp³-hybridized carbons (Fsp3) is 0.727. The fourth-order valence-electron chi connectivity index (χ4n) is 1.93. The number of rotatable bonds is 2. The lowest BCUT2D eigenvalue weighted by Crippen LogP contribution is -2.22. The predicted molar refractivity (Wildman–Crippen MR) is 52.3 cm³/mol. The van der Waals surface area contributed by atoms with Crippen LogP contribution in [0.5, 0.6) is 0 Å². The van der Waals surface area contributed by atoms with Crippen molar-refractivity contribution in [3.05, 3.63) is 11.6 Å². The highest BCUT2D eigenvalue weighted by Gasteiger charge is 2.21. The van der Waals surface area contributed by atoms with Crippen LogP contribution in [0.4, 0.5) is 0 Å². The molecule has 0 saturated carbocycles. The molecule has 0 fully saturated rings. The third-order valence-electron chi connectivity index (χ3n) is 2.54. The fourth-order valence-corrected chi connectivity index (χ4v) is 1.93. The van der Waals surface area contributed by atoms with Crippen LogP contribution in [0.1, 0.15) is 40.0 Å². The summed E-state index contributed by atoms with van der Waals surface area (Å²) < 4.78 is 5.18. The Bertz CT molecular complexity index is 218. The van der Waals surface area contributed by atoms with Crippen LogP contribution in [0, 0.1) is 5.92 Å². The second-order valence-corrected chi connectivity index (χ2v) is 3.88. The van der Waals surface area contributed by atoms with Gasteiger partial charge in [0.05, 0.1) is 0 Å². The lowest BCUT2D eigenvalue weighted by Gasteiger charge is -2.26. The standard InChI is InChI=1S/C11H18O2/c1-4-10-5-8(2)6-11(7-10)13-9(3)12/h6,10-11H,4-5,7H2,1-3H3. The molecule has 0 amide bonds. The van der Waals surface area contributed by atoms with Crippen LogP contribution in [0.2, 0.25) is 0 Å². The molecule has 0 spiro atoms. The molecule has 2 nitrogen and oxygen atoms in total. The molecule has 0 aromatic heterocycles. The Balaban J connectivity index is 2.55. The Kier molecular flexibility index (Phi) is 3.52. The van der Waals surface area contributed by atoms with Crippen LogP contribution in [0.15, 0.2) is 11.6 Å². The summed E-state index contributed by atoms with van der Waals surface area (Å²) in [6.07, 6.45) is 5.43. The Morgan fingerprint density at radius 2 is 2.38 bits per heavy atom. The maximum Gasteiger partial charge on any atom is 0.303 e. The van der Waals surface area contributed by atoms with E-state index < -0.39 is 0 Å². The first-order valence-electron chi connectivity index (χ1n) is 4.96. The van der Waals surface area contributed by atoms with Crippen molar-refractivity contribution in [2.45, 2.75) is 46.1 Å². The normalized spacial score (nSPS) is 28.1. The van der Waals surface area contributed by atoms with Gasteiger partial charge >= 0.3 is 5.97 Å². The molecule has 2 unspecified atom stereocenters.